The highest BCUT2D eigenvalue weighted by molar-refractivity contribution is 7.22. The van der Waals surface area contributed by atoms with Gasteiger partial charge in [0.05, 0.1) is 10.2 Å². The van der Waals surface area contributed by atoms with E-state index in [0.717, 1.165) is 15.8 Å². The SMILES string of the molecule is Cc1cc(C)c2nc(NC(=O)CC(C)(C)C)sc2c1. The predicted octanol–water partition coefficient (Wildman–Crippen LogP) is 4.29. The van der Waals surface area contributed by atoms with Crippen molar-refractivity contribution in [3.05, 3.63) is 23.3 Å². The van der Waals surface area contributed by atoms with E-state index in [1.165, 1.54) is 16.9 Å². The second kappa shape index (κ2) is 4.93. The fourth-order valence-corrected chi connectivity index (χ4v) is 3.13. The highest BCUT2D eigenvalue weighted by atomic mass is 32.1. The zero-order valence-electron chi connectivity index (χ0n) is 12.1. The van der Waals surface area contributed by atoms with Crippen molar-refractivity contribution in [2.45, 2.75) is 41.0 Å². The molecule has 1 aromatic heterocycles. The zero-order chi connectivity index (χ0) is 14.2. The van der Waals surface area contributed by atoms with E-state index in [1.54, 1.807) is 0 Å². The number of hydrogen-bond donors (Lipinski definition) is 1. The molecule has 2 aromatic rings. The molecule has 1 aromatic carbocycles. The third-order valence-corrected chi connectivity index (χ3v) is 3.68. The Morgan fingerprint density at radius 3 is 2.63 bits per heavy atom. The zero-order valence-corrected chi connectivity index (χ0v) is 12.9. The molecule has 0 saturated heterocycles. The number of thiazole rings is 1. The van der Waals surface area contributed by atoms with Crippen LogP contribution in [0.5, 0.6) is 0 Å². The lowest BCUT2D eigenvalue weighted by molar-refractivity contribution is -0.117. The second-order valence-corrected chi connectivity index (χ2v) is 7.26. The van der Waals surface area contributed by atoms with Gasteiger partial charge in [-0.2, -0.15) is 0 Å². The molecule has 0 aliphatic rings. The first-order valence-electron chi connectivity index (χ1n) is 6.42. The molecule has 0 radical (unpaired) electrons. The molecule has 102 valence electrons. The lowest BCUT2D eigenvalue weighted by Gasteiger charge is -2.16. The fraction of sp³-hybridized carbons (Fsp3) is 0.467. The number of carbonyl (C=O) groups excluding carboxylic acids is 1. The molecule has 19 heavy (non-hydrogen) atoms. The van der Waals surface area contributed by atoms with Crippen LogP contribution in [-0.4, -0.2) is 10.9 Å². The summed E-state index contributed by atoms with van der Waals surface area (Å²) in [5.74, 6) is 0.0286. The lowest BCUT2D eigenvalue weighted by atomic mass is 9.92. The summed E-state index contributed by atoms with van der Waals surface area (Å²) >= 11 is 1.54. The Kier molecular flexibility index (Phi) is 3.63. The maximum Gasteiger partial charge on any atom is 0.226 e. The number of anilines is 1. The van der Waals surface area contributed by atoms with Gasteiger partial charge >= 0.3 is 0 Å². The monoisotopic (exact) mass is 276 g/mol. The Bertz CT molecular complexity index is 623. The normalized spacial score (nSPS) is 11.8. The van der Waals surface area contributed by atoms with Crippen molar-refractivity contribution in [3.8, 4) is 0 Å². The Hall–Kier alpha value is -1.42. The topological polar surface area (TPSA) is 42.0 Å². The van der Waals surface area contributed by atoms with Crippen LogP contribution >= 0.6 is 11.3 Å². The van der Waals surface area contributed by atoms with Crippen LogP contribution in [0.2, 0.25) is 0 Å². The van der Waals surface area contributed by atoms with Gasteiger partial charge in [0.1, 0.15) is 0 Å². The number of aromatic nitrogens is 1. The Balaban J connectivity index is 2.23. The van der Waals surface area contributed by atoms with E-state index < -0.39 is 0 Å². The van der Waals surface area contributed by atoms with Crippen LogP contribution in [0.4, 0.5) is 5.13 Å². The highest BCUT2D eigenvalue weighted by Gasteiger charge is 2.17. The van der Waals surface area contributed by atoms with Crippen LogP contribution in [0.15, 0.2) is 12.1 Å². The van der Waals surface area contributed by atoms with E-state index in [2.05, 4.69) is 57.1 Å². The van der Waals surface area contributed by atoms with Gasteiger partial charge in [-0.15, -0.1) is 0 Å². The molecule has 3 nitrogen and oxygen atoms in total. The molecule has 1 heterocycles. The lowest BCUT2D eigenvalue weighted by Crippen LogP contribution is -2.19. The molecular weight excluding hydrogens is 256 g/mol. The first-order valence-corrected chi connectivity index (χ1v) is 7.24. The number of benzene rings is 1. The molecular formula is C15H20N2OS. The summed E-state index contributed by atoms with van der Waals surface area (Å²) in [6.07, 6.45) is 0.501. The molecule has 0 unspecified atom stereocenters. The first kappa shape index (κ1) is 14.0. The van der Waals surface area contributed by atoms with Gasteiger partial charge in [0.15, 0.2) is 5.13 Å². The number of carbonyl (C=O) groups is 1. The number of rotatable bonds is 2. The average molecular weight is 276 g/mol. The minimum Gasteiger partial charge on any atom is -0.302 e. The van der Waals surface area contributed by atoms with E-state index in [-0.39, 0.29) is 11.3 Å². The second-order valence-electron chi connectivity index (χ2n) is 6.23. The fourth-order valence-electron chi connectivity index (χ4n) is 2.07. The number of hydrogen-bond acceptors (Lipinski definition) is 3. The summed E-state index contributed by atoms with van der Waals surface area (Å²) in [6, 6.07) is 4.22. The van der Waals surface area contributed by atoms with Gasteiger partial charge in [0, 0.05) is 6.42 Å². The number of nitrogens with zero attached hydrogens (tertiary/aromatic N) is 1. The molecule has 0 saturated carbocycles. The molecule has 1 N–H and O–H groups in total. The van der Waals surface area contributed by atoms with Crippen molar-refractivity contribution in [2.75, 3.05) is 5.32 Å². The smallest absolute Gasteiger partial charge is 0.226 e. The maximum atomic E-state index is 11.9. The molecule has 1 amide bonds. The maximum absolute atomic E-state index is 11.9. The van der Waals surface area contributed by atoms with Gasteiger partial charge in [0.25, 0.3) is 0 Å². The van der Waals surface area contributed by atoms with Crippen LogP contribution in [0, 0.1) is 19.3 Å². The standard InChI is InChI=1S/C15H20N2OS/c1-9-6-10(2)13-11(7-9)19-14(17-13)16-12(18)8-15(3,4)5/h6-7H,8H2,1-5H3,(H,16,17,18). The van der Waals surface area contributed by atoms with Gasteiger partial charge in [-0.1, -0.05) is 38.2 Å². The minimum atomic E-state index is -0.00668. The van der Waals surface area contributed by atoms with Gasteiger partial charge in [-0.25, -0.2) is 4.98 Å². The van der Waals surface area contributed by atoms with Crippen LogP contribution in [0.25, 0.3) is 10.2 Å². The highest BCUT2D eigenvalue weighted by Crippen LogP contribution is 2.30. The largest absolute Gasteiger partial charge is 0.302 e. The number of aryl methyl sites for hydroxylation is 2. The summed E-state index contributed by atoms with van der Waals surface area (Å²) < 4.78 is 1.13. The van der Waals surface area contributed by atoms with E-state index in [4.69, 9.17) is 0 Å². The van der Waals surface area contributed by atoms with Crippen molar-refractivity contribution in [1.82, 2.24) is 4.98 Å². The van der Waals surface area contributed by atoms with Crippen molar-refractivity contribution >= 4 is 32.6 Å². The molecule has 4 heteroatoms. The summed E-state index contributed by atoms with van der Waals surface area (Å²) in [5.41, 5.74) is 3.36. The van der Waals surface area contributed by atoms with Crippen LogP contribution < -0.4 is 5.32 Å². The average Bonchev–Trinajstić information content (AvgIpc) is 2.56. The molecule has 0 atom stereocenters. The van der Waals surface area contributed by atoms with Crippen molar-refractivity contribution in [1.29, 1.82) is 0 Å². The molecule has 0 bridgehead atoms. The van der Waals surface area contributed by atoms with Crippen LogP contribution in [0.1, 0.15) is 38.3 Å². The molecule has 0 spiro atoms. The van der Waals surface area contributed by atoms with E-state index in [0.29, 0.717) is 11.6 Å². The summed E-state index contributed by atoms with van der Waals surface area (Å²) in [4.78, 5) is 16.4. The van der Waals surface area contributed by atoms with Crippen molar-refractivity contribution in [3.63, 3.8) is 0 Å². The van der Waals surface area contributed by atoms with Gasteiger partial charge in [0.2, 0.25) is 5.91 Å². The van der Waals surface area contributed by atoms with Crippen LogP contribution in [-0.2, 0) is 4.79 Å². The molecule has 0 aliphatic heterocycles. The van der Waals surface area contributed by atoms with Crippen molar-refractivity contribution in [2.24, 2.45) is 5.41 Å². The number of nitrogens with one attached hydrogen (secondary N) is 1. The van der Waals surface area contributed by atoms with E-state index in [9.17, 15) is 4.79 Å². The number of fused-ring (bicyclic) bond motifs is 1. The van der Waals surface area contributed by atoms with Gasteiger partial charge < -0.3 is 5.32 Å². The number of amides is 1. The third kappa shape index (κ3) is 3.53. The molecule has 2 rings (SSSR count). The summed E-state index contributed by atoms with van der Waals surface area (Å²) in [6.45, 7) is 10.3. The van der Waals surface area contributed by atoms with Crippen molar-refractivity contribution < 1.29 is 4.79 Å². The molecule has 0 aliphatic carbocycles. The Morgan fingerprint density at radius 2 is 2.00 bits per heavy atom. The Morgan fingerprint density at radius 1 is 1.32 bits per heavy atom. The third-order valence-electron chi connectivity index (χ3n) is 2.77. The predicted molar refractivity (Wildman–Crippen MR) is 81.8 cm³/mol. The first-order chi connectivity index (χ1) is 8.74. The van der Waals surface area contributed by atoms with Crippen LogP contribution in [0.3, 0.4) is 0 Å². The summed E-state index contributed by atoms with van der Waals surface area (Å²) in [5, 5.41) is 3.60. The van der Waals surface area contributed by atoms with Gasteiger partial charge in [-0.3, -0.25) is 4.79 Å². The Labute approximate surface area is 118 Å². The van der Waals surface area contributed by atoms with E-state index >= 15 is 0 Å². The molecule has 0 fully saturated rings. The van der Waals surface area contributed by atoms with Gasteiger partial charge in [-0.05, 0) is 36.5 Å². The summed E-state index contributed by atoms with van der Waals surface area (Å²) in [7, 11) is 0. The minimum absolute atomic E-state index is 0.00668. The van der Waals surface area contributed by atoms with E-state index in [1.807, 2.05) is 0 Å². The quantitative estimate of drug-likeness (QED) is 0.889.